The van der Waals surface area contributed by atoms with Crippen LogP contribution in [0.2, 0.25) is 0 Å². The number of phenols is 1. The standard InChI is InChI=1S/C8H9NO4/c1-5(10)7-4-6(9(12)13)2-3-8(7)11/h2-4,11-13H,1H3. The smallest absolute Gasteiger partial charge is 0.163 e. The van der Waals surface area contributed by atoms with Crippen LogP contribution in [0.3, 0.4) is 0 Å². The summed E-state index contributed by atoms with van der Waals surface area (Å²) in [6.07, 6.45) is 0. The van der Waals surface area contributed by atoms with E-state index in [0.29, 0.717) is 0 Å². The molecule has 0 aliphatic carbocycles. The Morgan fingerprint density at radius 1 is 1.38 bits per heavy atom. The summed E-state index contributed by atoms with van der Waals surface area (Å²) in [5.74, 6) is -0.528. The van der Waals surface area contributed by atoms with Gasteiger partial charge in [0, 0.05) is 0 Å². The van der Waals surface area contributed by atoms with E-state index in [4.69, 9.17) is 10.4 Å². The Labute approximate surface area is 74.4 Å². The molecule has 0 amide bonds. The number of Topliss-reactive ketones (excluding diaryl/α,β-unsaturated/α-hetero) is 1. The number of benzene rings is 1. The number of hydrogen-bond acceptors (Lipinski definition) is 5. The molecule has 0 spiro atoms. The predicted octanol–water partition coefficient (Wildman–Crippen LogP) is 1.18. The van der Waals surface area contributed by atoms with E-state index in [1.807, 2.05) is 0 Å². The molecular weight excluding hydrogens is 174 g/mol. The molecule has 13 heavy (non-hydrogen) atoms. The highest BCUT2D eigenvalue weighted by Gasteiger charge is 2.09. The molecule has 0 fully saturated rings. The maximum Gasteiger partial charge on any atom is 0.163 e. The Morgan fingerprint density at radius 2 is 2.00 bits per heavy atom. The molecule has 0 aliphatic rings. The van der Waals surface area contributed by atoms with Crippen LogP contribution in [0, 0.1) is 0 Å². The van der Waals surface area contributed by atoms with Gasteiger partial charge in [0.15, 0.2) is 5.78 Å². The largest absolute Gasteiger partial charge is 0.507 e. The lowest BCUT2D eigenvalue weighted by molar-refractivity contribution is 0.0291. The van der Waals surface area contributed by atoms with Gasteiger partial charge in [-0.25, -0.2) is 0 Å². The van der Waals surface area contributed by atoms with Gasteiger partial charge in [0.2, 0.25) is 0 Å². The van der Waals surface area contributed by atoms with Crippen molar-refractivity contribution in [2.24, 2.45) is 0 Å². The Bertz CT molecular complexity index is 335. The first-order valence-electron chi connectivity index (χ1n) is 3.54. The molecule has 0 saturated heterocycles. The first kappa shape index (κ1) is 9.50. The van der Waals surface area contributed by atoms with Crippen LogP contribution < -0.4 is 5.23 Å². The average molecular weight is 183 g/mol. The molecule has 5 heteroatoms. The van der Waals surface area contributed by atoms with Crippen LogP contribution in [0.25, 0.3) is 0 Å². The van der Waals surface area contributed by atoms with Crippen molar-refractivity contribution in [3.8, 4) is 5.75 Å². The highest BCUT2D eigenvalue weighted by molar-refractivity contribution is 5.97. The lowest BCUT2D eigenvalue weighted by atomic mass is 10.1. The van der Waals surface area contributed by atoms with Gasteiger partial charge in [0.25, 0.3) is 0 Å². The summed E-state index contributed by atoms with van der Waals surface area (Å²) >= 11 is 0. The van der Waals surface area contributed by atoms with Gasteiger partial charge in [-0.15, -0.1) is 5.23 Å². The van der Waals surface area contributed by atoms with Crippen molar-refractivity contribution in [1.29, 1.82) is 0 Å². The van der Waals surface area contributed by atoms with E-state index < -0.39 is 0 Å². The van der Waals surface area contributed by atoms with E-state index in [9.17, 15) is 9.90 Å². The van der Waals surface area contributed by atoms with Gasteiger partial charge < -0.3 is 5.11 Å². The van der Waals surface area contributed by atoms with Crippen LogP contribution >= 0.6 is 0 Å². The number of carbonyl (C=O) groups excluding carboxylic acids is 1. The lowest BCUT2D eigenvalue weighted by Crippen LogP contribution is -2.11. The zero-order valence-electron chi connectivity index (χ0n) is 6.93. The molecule has 3 N–H and O–H groups in total. The van der Waals surface area contributed by atoms with E-state index in [0.717, 1.165) is 0 Å². The van der Waals surface area contributed by atoms with Gasteiger partial charge in [-0.2, -0.15) is 0 Å². The third-order valence-electron chi connectivity index (χ3n) is 1.59. The number of carbonyl (C=O) groups is 1. The highest BCUT2D eigenvalue weighted by atomic mass is 16.8. The van der Waals surface area contributed by atoms with E-state index in [1.165, 1.54) is 25.1 Å². The summed E-state index contributed by atoms with van der Waals surface area (Å²) in [5, 5.41) is 26.3. The van der Waals surface area contributed by atoms with Gasteiger partial charge in [-0.3, -0.25) is 15.2 Å². The highest BCUT2D eigenvalue weighted by Crippen LogP contribution is 2.22. The second-order valence-corrected chi connectivity index (χ2v) is 2.55. The molecule has 5 nitrogen and oxygen atoms in total. The van der Waals surface area contributed by atoms with Crippen LogP contribution in [0.4, 0.5) is 5.69 Å². The Balaban J connectivity index is 3.19. The minimum atomic E-state index is -0.346. The van der Waals surface area contributed by atoms with Crippen LogP contribution in [0.5, 0.6) is 5.75 Å². The van der Waals surface area contributed by atoms with Crippen molar-refractivity contribution in [3.63, 3.8) is 0 Å². The van der Waals surface area contributed by atoms with Crippen LogP contribution in [-0.2, 0) is 0 Å². The van der Waals surface area contributed by atoms with Gasteiger partial charge in [0.05, 0.1) is 11.3 Å². The van der Waals surface area contributed by atoms with Crippen molar-refractivity contribution >= 4 is 11.5 Å². The molecule has 0 unspecified atom stereocenters. The molecule has 70 valence electrons. The average Bonchev–Trinajstić information content (AvgIpc) is 2.04. The predicted molar refractivity (Wildman–Crippen MR) is 44.2 cm³/mol. The molecular formula is C8H9NO4. The third-order valence-corrected chi connectivity index (χ3v) is 1.59. The number of aromatic hydroxyl groups is 1. The van der Waals surface area contributed by atoms with Crippen molar-refractivity contribution in [2.75, 3.05) is 5.23 Å². The molecule has 0 aromatic heterocycles. The minimum absolute atomic E-state index is 0.0167. The van der Waals surface area contributed by atoms with Crippen molar-refractivity contribution in [1.82, 2.24) is 0 Å². The number of ketones is 1. The zero-order chi connectivity index (χ0) is 10.0. The summed E-state index contributed by atoms with van der Waals surface area (Å²) in [4.78, 5) is 10.9. The number of nitrogens with zero attached hydrogens (tertiary/aromatic N) is 1. The fourth-order valence-corrected chi connectivity index (χ4v) is 0.930. The summed E-state index contributed by atoms with van der Waals surface area (Å²) in [6.45, 7) is 1.28. The molecule has 0 aliphatic heterocycles. The quantitative estimate of drug-likeness (QED) is 0.473. The Morgan fingerprint density at radius 3 is 2.46 bits per heavy atom. The fourth-order valence-electron chi connectivity index (χ4n) is 0.930. The van der Waals surface area contributed by atoms with Crippen molar-refractivity contribution in [3.05, 3.63) is 23.8 Å². The third kappa shape index (κ3) is 1.95. The number of hydrogen-bond donors (Lipinski definition) is 3. The van der Waals surface area contributed by atoms with Crippen LogP contribution in [0.15, 0.2) is 18.2 Å². The molecule has 1 aromatic carbocycles. The van der Waals surface area contributed by atoms with Gasteiger partial charge in [0.1, 0.15) is 5.75 Å². The molecule has 0 atom stereocenters. The van der Waals surface area contributed by atoms with Gasteiger partial charge >= 0.3 is 0 Å². The summed E-state index contributed by atoms with van der Waals surface area (Å²) in [6, 6.07) is 3.66. The lowest BCUT2D eigenvalue weighted by Gasteiger charge is -2.09. The number of rotatable bonds is 2. The second kappa shape index (κ2) is 3.42. The first-order valence-corrected chi connectivity index (χ1v) is 3.54. The van der Waals surface area contributed by atoms with E-state index in [1.54, 1.807) is 0 Å². The van der Waals surface area contributed by atoms with Gasteiger partial charge in [-0.1, -0.05) is 0 Å². The maximum atomic E-state index is 10.9. The molecule has 0 saturated carbocycles. The van der Waals surface area contributed by atoms with Crippen LogP contribution in [0.1, 0.15) is 17.3 Å². The molecule has 0 radical (unpaired) electrons. The minimum Gasteiger partial charge on any atom is -0.507 e. The summed E-state index contributed by atoms with van der Waals surface area (Å²) < 4.78 is 0. The summed E-state index contributed by atoms with van der Waals surface area (Å²) in [7, 11) is 0. The van der Waals surface area contributed by atoms with Gasteiger partial charge in [-0.05, 0) is 25.1 Å². The number of anilines is 1. The number of phenolic OH excluding ortho intramolecular Hbond substituents is 1. The normalized spacial score (nSPS) is 9.77. The van der Waals surface area contributed by atoms with E-state index >= 15 is 0 Å². The topological polar surface area (TPSA) is 81.0 Å². The summed E-state index contributed by atoms with van der Waals surface area (Å²) in [5.41, 5.74) is 0.0635. The molecule has 1 rings (SSSR count). The maximum absolute atomic E-state index is 10.9. The van der Waals surface area contributed by atoms with E-state index in [-0.39, 0.29) is 28.0 Å². The van der Waals surface area contributed by atoms with Crippen molar-refractivity contribution < 1.29 is 20.3 Å². The Kier molecular flexibility index (Phi) is 2.50. The van der Waals surface area contributed by atoms with Crippen LogP contribution in [-0.4, -0.2) is 21.3 Å². The van der Waals surface area contributed by atoms with E-state index in [2.05, 4.69) is 0 Å². The zero-order valence-corrected chi connectivity index (χ0v) is 6.93. The molecule has 0 bridgehead atoms. The SMILES string of the molecule is CC(=O)c1cc(N(O)O)ccc1O. The molecule has 0 heterocycles. The fraction of sp³-hybridized carbons (Fsp3) is 0.125. The second-order valence-electron chi connectivity index (χ2n) is 2.55. The Hall–Kier alpha value is -1.59. The van der Waals surface area contributed by atoms with Crippen molar-refractivity contribution in [2.45, 2.75) is 6.92 Å². The monoisotopic (exact) mass is 183 g/mol. The first-order chi connectivity index (χ1) is 6.02. The molecule has 1 aromatic rings.